The van der Waals surface area contributed by atoms with Gasteiger partial charge in [0.2, 0.25) is 0 Å². The van der Waals surface area contributed by atoms with Crippen LogP contribution in [0, 0.1) is 0 Å². The average molecular weight is 356 g/mol. The highest BCUT2D eigenvalue weighted by molar-refractivity contribution is 5.80. The summed E-state index contributed by atoms with van der Waals surface area (Å²) in [5, 5.41) is 6.40. The molecule has 26 heavy (non-hydrogen) atoms. The molecular formula is C21H33N5. The molecule has 0 aromatic rings. The zero-order valence-corrected chi connectivity index (χ0v) is 16.5. The van der Waals surface area contributed by atoms with Gasteiger partial charge in [-0.3, -0.25) is 9.89 Å². The Kier molecular flexibility index (Phi) is 8.22. The van der Waals surface area contributed by atoms with Gasteiger partial charge in [-0.25, -0.2) is 0 Å². The fourth-order valence-corrected chi connectivity index (χ4v) is 3.05. The number of nitrogens with one attached hydrogen (secondary N) is 2. The normalized spacial score (nSPS) is 25.9. The molecule has 0 atom stereocenters. The molecule has 2 heterocycles. The van der Waals surface area contributed by atoms with Crippen molar-refractivity contribution in [2.75, 3.05) is 39.9 Å². The second-order valence-corrected chi connectivity index (χ2v) is 6.84. The van der Waals surface area contributed by atoms with Gasteiger partial charge < -0.3 is 15.5 Å². The number of allylic oxidation sites excluding steroid dienone is 6. The Hall–Kier alpha value is -2.27. The Morgan fingerprint density at radius 1 is 1.42 bits per heavy atom. The first-order chi connectivity index (χ1) is 12.6. The van der Waals surface area contributed by atoms with Gasteiger partial charge in [0, 0.05) is 38.9 Å². The molecule has 2 aliphatic rings. The van der Waals surface area contributed by atoms with Crippen LogP contribution in [0.1, 0.15) is 26.7 Å². The molecule has 5 heteroatoms. The lowest BCUT2D eigenvalue weighted by molar-refractivity contribution is 0.308. The molecule has 2 aliphatic heterocycles. The van der Waals surface area contributed by atoms with Gasteiger partial charge in [-0.15, -0.1) is 0 Å². The molecule has 0 aliphatic carbocycles. The lowest BCUT2D eigenvalue weighted by atomic mass is 10.2. The topological polar surface area (TPSA) is 42.9 Å². The fourth-order valence-electron chi connectivity index (χ4n) is 3.05. The minimum atomic E-state index is 0.922. The predicted octanol–water partition coefficient (Wildman–Crippen LogP) is 3.00. The van der Waals surface area contributed by atoms with Crippen LogP contribution in [0.3, 0.4) is 0 Å². The van der Waals surface area contributed by atoms with Crippen molar-refractivity contribution in [2.24, 2.45) is 4.99 Å². The third kappa shape index (κ3) is 6.56. The Balaban J connectivity index is 2.03. The van der Waals surface area contributed by atoms with Crippen LogP contribution in [0.4, 0.5) is 0 Å². The minimum absolute atomic E-state index is 0.922. The molecule has 5 nitrogen and oxygen atoms in total. The van der Waals surface area contributed by atoms with E-state index in [1.165, 1.54) is 16.8 Å². The summed E-state index contributed by atoms with van der Waals surface area (Å²) in [4.78, 5) is 9.45. The van der Waals surface area contributed by atoms with Crippen molar-refractivity contribution < 1.29 is 0 Å². The lowest BCUT2D eigenvalue weighted by Gasteiger charge is -2.21. The number of aliphatic imine (C=N–C) groups is 1. The van der Waals surface area contributed by atoms with E-state index in [9.17, 15) is 0 Å². The van der Waals surface area contributed by atoms with Crippen LogP contribution in [0.25, 0.3) is 0 Å². The first-order valence-electron chi connectivity index (χ1n) is 9.40. The van der Waals surface area contributed by atoms with Crippen LogP contribution in [0.5, 0.6) is 0 Å². The van der Waals surface area contributed by atoms with Gasteiger partial charge in [-0.1, -0.05) is 18.7 Å². The summed E-state index contributed by atoms with van der Waals surface area (Å²) in [5.41, 5.74) is 4.59. The van der Waals surface area contributed by atoms with Crippen LogP contribution in [-0.4, -0.2) is 55.9 Å². The molecule has 0 unspecified atom stereocenters. The van der Waals surface area contributed by atoms with E-state index in [2.05, 4.69) is 64.1 Å². The summed E-state index contributed by atoms with van der Waals surface area (Å²) < 4.78 is 0. The summed E-state index contributed by atoms with van der Waals surface area (Å²) in [6.07, 6.45) is 14.6. The molecule has 142 valence electrons. The van der Waals surface area contributed by atoms with Crippen molar-refractivity contribution in [2.45, 2.75) is 26.7 Å². The average Bonchev–Trinajstić information content (AvgIpc) is 3.05. The molecule has 0 radical (unpaired) electrons. The van der Waals surface area contributed by atoms with E-state index in [4.69, 9.17) is 0 Å². The van der Waals surface area contributed by atoms with Gasteiger partial charge in [0.1, 0.15) is 0 Å². The molecule has 1 fully saturated rings. The largest absolute Gasteiger partial charge is 0.394 e. The smallest absolute Gasteiger partial charge is 0.0711 e. The second kappa shape index (κ2) is 10.7. The third-order valence-corrected chi connectivity index (χ3v) is 4.52. The van der Waals surface area contributed by atoms with Gasteiger partial charge >= 0.3 is 0 Å². The molecule has 1 saturated heterocycles. The standard InChI is InChI=1S/C21H33N5/c1-18(15-22-4)7-6-12-25-13-14-26(17-25)21-16-24-20(3)8-5-10-23-11-9-19(21)2/h6-7,9,11,15-16,22-23H,3,5,8,10,12-14,17H2,1-2,4H3/b7-6-,11-9+,18-15-,21-19+,24-16-. The summed E-state index contributed by atoms with van der Waals surface area (Å²) in [6, 6.07) is 0. The van der Waals surface area contributed by atoms with Crippen LogP contribution in [-0.2, 0) is 0 Å². The molecule has 2 N–H and O–H groups in total. The fraction of sp³-hybridized carbons (Fsp3) is 0.476. The molecule has 0 bridgehead atoms. The Morgan fingerprint density at radius 2 is 2.27 bits per heavy atom. The van der Waals surface area contributed by atoms with Crippen LogP contribution in [0.15, 0.2) is 64.7 Å². The van der Waals surface area contributed by atoms with Crippen molar-refractivity contribution in [3.05, 3.63) is 59.7 Å². The zero-order valence-electron chi connectivity index (χ0n) is 16.5. The molecule has 0 spiro atoms. The molecule has 0 aromatic heterocycles. The first-order valence-corrected chi connectivity index (χ1v) is 9.40. The SMILES string of the molecule is C=C1CCCN/C=C/C(C)=C(N2CCN(C/C=C\C(C)=C/NC)C2)\C=N/1. The predicted molar refractivity (Wildman–Crippen MR) is 112 cm³/mol. The van der Waals surface area contributed by atoms with Crippen molar-refractivity contribution in [1.82, 2.24) is 20.4 Å². The van der Waals surface area contributed by atoms with E-state index < -0.39 is 0 Å². The molecular weight excluding hydrogens is 322 g/mol. The summed E-state index contributed by atoms with van der Waals surface area (Å²) >= 11 is 0. The van der Waals surface area contributed by atoms with Crippen molar-refractivity contribution in [1.29, 1.82) is 0 Å². The van der Waals surface area contributed by atoms with Gasteiger partial charge in [-0.2, -0.15) is 0 Å². The van der Waals surface area contributed by atoms with Crippen LogP contribution < -0.4 is 10.6 Å². The van der Waals surface area contributed by atoms with Crippen molar-refractivity contribution in [3.8, 4) is 0 Å². The third-order valence-electron chi connectivity index (χ3n) is 4.52. The monoisotopic (exact) mass is 355 g/mol. The Bertz CT molecular complexity index is 624. The molecule has 2 rings (SSSR count). The van der Waals surface area contributed by atoms with E-state index in [0.717, 1.165) is 51.4 Å². The number of hydrogen-bond donors (Lipinski definition) is 2. The number of rotatable bonds is 5. The maximum atomic E-state index is 4.61. The second-order valence-electron chi connectivity index (χ2n) is 6.84. The van der Waals surface area contributed by atoms with Gasteiger partial charge in [0.05, 0.1) is 18.6 Å². The van der Waals surface area contributed by atoms with Crippen LogP contribution >= 0.6 is 0 Å². The summed E-state index contributed by atoms with van der Waals surface area (Å²) in [5.74, 6) is 0. The molecule has 0 saturated carbocycles. The maximum absolute atomic E-state index is 4.61. The number of nitrogens with zero attached hydrogens (tertiary/aromatic N) is 3. The van der Waals surface area contributed by atoms with Gasteiger partial charge in [0.25, 0.3) is 0 Å². The molecule has 0 aromatic carbocycles. The van der Waals surface area contributed by atoms with Crippen molar-refractivity contribution >= 4 is 6.21 Å². The summed E-state index contributed by atoms with van der Waals surface area (Å²) in [7, 11) is 1.92. The van der Waals surface area contributed by atoms with E-state index in [1.54, 1.807) is 0 Å². The van der Waals surface area contributed by atoms with E-state index in [-0.39, 0.29) is 0 Å². The highest BCUT2D eigenvalue weighted by Gasteiger charge is 2.21. The van der Waals surface area contributed by atoms with Crippen molar-refractivity contribution in [3.63, 3.8) is 0 Å². The quantitative estimate of drug-likeness (QED) is 0.744. The highest BCUT2D eigenvalue weighted by atomic mass is 15.4. The van der Waals surface area contributed by atoms with E-state index >= 15 is 0 Å². The zero-order chi connectivity index (χ0) is 18.8. The highest BCUT2D eigenvalue weighted by Crippen LogP contribution is 2.17. The minimum Gasteiger partial charge on any atom is -0.394 e. The lowest BCUT2D eigenvalue weighted by Crippen LogP contribution is -2.26. The van der Waals surface area contributed by atoms with Crippen LogP contribution in [0.2, 0.25) is 0 Å². The maximum Gasteiger partial charge on any atom is 0.0711 e. The van der Waals surface area contributed by atoms with E-state index in [0.29, 0.717) is 0 Å². The Morgan fingerprint density at radius 3 is 3.08 bits per heavy atom. The van der Waals surface area contributed by atoms with E-state index in [1.807, 2.05) is 25.7 Å². The van der Waals surface area contributed by atoms with Gasteiger partial charge in [-0.05, 0) is 56.3 Å². The first kappa shape index (κ1) is 20.0. The molecule has 0 amide bonds. The summed E-state index contributed by atoms with van der Waals surface area (Å²) in [6.45, 7) is 13.2. The Labute approximate surface area is 158 Å². The number of hydrogen-bond acceptors (Lipinski definition) is 5. The van der Waals surface area contributed by atoms with Gasteiger partial charge in [0.15, 0.2) is 0 Å².